The van der Waals surface area contributed by atoms with Crippen LogP contribution in [0.25, 0.3) is 5.57 Å². The van der Waals surface area contributed by atoms with Gasteiger partial charge < -0.3 is 9.64 Å². The predicted octanol–water partition coefficient (Wildman–Crippen LogP) is 4.81. The molecule has 0 atom stereocenters. The lowest BCUT2D eigenvalue weighted by Crippen LogP contribution is -2.34. The zero-order valence-electron chi connectivity index (χ0n) is 19.2. The molecule has 5 heteroatoms. The Labute approximate surface area is 194 Å². The van der Waals surface area contributed by atoms with E-state index in [1.165, 1.54) is 4.90 Å². The quantitative estimate of drug-likeness (QED) is 0.472. The van der Waals surface area contributed by atoms with E-state index in [9.17, 15) is 9.59 Å². The summed E-state index contributed by atoms with van der Waals surface area (Å²) in [6.45, 7) is 5.40. The smallest absolute Gasteiger partial charge is 0.278 e. The normalized spacial score (nSPS) is 13.6. The van der Waals surface area contributed by atoms with Crippen LogP contribution in [0.5, 0.6) is 5.75 Å². The highest BCUT2D eigenvalue weighted by atomic mass is 16.5. The van der Waals surface area contributed by atoms with Gasteiger partial charge in [-0.1, -0.05) is 72.3 Å². The molecule has 0 spiro atoms. The number of rotatable bonds is 8. The molecule has 0 saturated heterocycles. The van der Waals surface area contributed by atoms with Crippen molar-refractivity contribution in [2.45, 2.75) is 26.9 Å². The van der Waals surface area contributed by atoms with Gasteiger partial charge in [0, 0.05) is 13.1 Å². The van der Waals surface area contributed by atoms with Crippen molar-refractivity contribution in [3.8, 4) is 5.75 Å². The van der Waals surface area contributed by atoms with Gasteiger partial charge >= 0.3 is 0 Å². The minimum absolute atomic E-state index is 0.240. The molecule has 3 aromatic carbocycles. The van der Waals surface area contributed by atoms with Crippen LogP contribution in [0.2, 0.25) is 0 Å². The zero-order valence-corrected chi connectivity index (χ0v) is 19.2. The summed E-state index contributed by atoms with van der Waals surface area (Å²) >= 11 is 0. The number of hydrogen-bond acceptors (Lipinski definition) is 4. The maximum atomic E-state index is 13.7. The van der Waals surface area contributed by atoms with E-state index in [2.05, 4.69) is 0 Å². The van der Waals surface area contributed by atoms with Crippen LogP contribution >= 0.6 is 0 Å². The fourth-order valence-electron chi connectivity index (χ4n) is 4.05. The van der Waals surface area contributed by atoms with Gasteiger partial charge in [0.2, 0.25) is 0 Å². The van der Waals surface area contributed by atoms with E-state index in [0.717, 1.165) is 16.7 Å². The number of likely N-dealkylation sites (N-methyl/N-ethyl adjacent to an activating group) is 1. The standard InChI is InChI=1S/C28H28N2O3/c1-4-29(18-21-8-6-5-7-9-21)26-25(23-14-16-24(33-3)17-15-23)27(31)30(28(26)32)19-22-12-10-20(2)11-13-22/h5-17H,4,18-19H2,1-3H3. The number of carbonyl (C=O) groups is 2. The van der Waals surface area contributed by atoms with Gasteiger partial charge in [0.25, 0.3) is 11.8 Å². The van der Waals surface area contributed by atoms with Crippen LogP contribution in [-0.2, 0) is 22.7 Å². The van der Waals surface area contributed by atoms with Gasteiger partial charge in [-0.05, 0) is 42.7 Å². The van der Waals surface area contributed by atoms with E-state index in [0.29, 0.717) is 35.7 Å². The lowest BCUT2D eigenvalue weighted by atomic mass is 10.0. The molecule has 1 aliphatic heterocycles. The number of carbonyl (C=O) groups excluding carboxylic acids is 2. The molecule has 0 aliphatic carbocycles. The molecule has 1 aliphatic rings. The highest BCUT2D eigenvalue weighted by molar-refractivity contribution is 6.35. The average molecular weight is 441 g/mol. The Morgan fingerprint density at radius 3 is 2.09 bits per heavy atom. The van der Waals surface area contributed by atoms with Crippen molar-refractivity contribution in [1.29, 1.82) is 0 Å². The minimum Gasteiger partial charge on any atom is -0.497 e. The highest BCUT2D eigenvalue weighted by Gasteiger charge is 2.41. The molecule has 0 unspecified atom stereocenters. The molecule has 0 aromatic heterocycles. The Morgan fingerprint density at radius 1 is 0.818 bits per heavy atom. The summed E-state index contributed by atoms with van der Waals surface area (Å²) in [6, 6.07) is 25.2. The highest BCUT2D eigenvalue weighted by Crippen LogP contribution is 2.34. The van der Waals surface area contributed by atoms with Gasteiger partial charge in [0.15, 0.2) is 0 Å². The average Bonchev–Trinajstić information content (AvgIpc) is 3.09. The number of nitrogens with zero attached hydrogens (tertiary/aromatic N) is 2. The van der Waals surface area contributed by atoms with Gasteiger partial charge in [0.1, 0.15) is 11.4 Å². The second-order valence-corrected chi connectivity index (χ2v) is 8.13. The number of imide groups is 1. The SMILES string of the molecule is CCN(Cc1ccccc1)C1=C(c2ccc(OC)cc2)C(=O)N(Cc2ccc(C)cc2)C1=O. The maximum Gasteiger partial charge on any atom is 0.278 e. The minimum atomic E-state index is -0.271. The third kappa shape index (κ3) is 4.67. The molecule has 0 fully saturated rings. The summed E-state index contributed by atoms with van der Waals surface area (Å²) in [5.74, 6) is 0.169. The number of hydrogen-bond donors (Lipinski definition) is 0. The monoisotopic (exact) mass is 440 g/mol. The second-order valence-electron chi connectivity index (χ2n) is 8.13. The third-order valence-corrected chi connectivity index (χ3v) is 5.90. The summed E-state index contributed by atoms with van der Waals surface area (Å²) < 4.78 is 5.28. The molecule has 0 bridgehead atoms. The predicted molar refractivity (Wildman–Crippen MR) is 129 cm³/mol. The van der Waals surface area contributed by atoms with E-state index in [-0.39, 0.29) is 18.4 Å². The van der Waals surface area contributed by atoms with Crippen LogP contribution in [0, 0.1) is 6.92 Å². The summed E-state index contributed by atoms with van der Waals surface area (Å²) in [7, 11) is 1.60. The summed E-state index contributed by atoms with van der Waals surface area (Å²) in [5.41, 5.74) is 4.73. The summed E-state index contributed by atoms with van der Waals surface area (Å²) in [5, 5.41) is 0. The van der Waals surface area contributed by atoms with Crippen LogP contribution in [-0.4, -0.2) is 35.3 Å². The molecule has 33 heavy (non-hydrogen) atoms. The van der Waals surface area contributed by atoms with Crippen molar-refractivity contribution >= 4 is 17.4 Å². The Bertz CT molecular complexity index is 1170. The number of benzene rings is 3. The summed E-state index contributed by atoms with van der Waals surface area (Å²) in [6.07, 6.45) is 0. The molecule has 2 amide bonds. The Hall–Kier alpha value is -3.86. The lowest BCUT2D eigenvalue weighted by molar-refractivity contribution is -0.138. The van der Waals surface area contributed by atoms with Gasteiger partial charge in [0.05, 0.1) is 19.2 Å². The molecule has 0 saturated carbocycles. The van der Waals surface area contributed by atoms with E-state index >= 15 is 0 Å². The molecular weight excluding hydrogens is 412 g/mol. The van der Waals surface area contributed by atoms with Crippen LogP contribution in [0.1, 0.15) is 29.2 Å². The first kappa shape index (κ1) is 22.3. The molecule has 168 valence electrons. The van der Waals surface area contributed by atoms with E-state index < -0.39 is 0 Å². The third-order valence-electron chi connectivity index (χ3n) is 5.90. The molecule has 1 heterocycles. The first-order valence-electron chi connectivity index (χ1n) is 11.1. The van der Waals surface area contributed by atoms with Crippen molar-refractivity contribution < 1.29 is 14.3 Å². The molecule has 0 radical (unpaired) electrons. The van der Waals surface area contributed by atoms with Gasteiger partial charge in [-0.25, -0.2) is 0 Å². The summed E-state index contributed by atoms with van der Waals surface area (Å²) in [4.78, 5) is 30.6. The fourth-order valence-corrected chi connectivity index (χ4v) is 4.05. The first-order valence-corrected chi connectivity index (χ1v) is 11.1. The molecule has 0 N–H and O–H groups in total. The van der Waals surface area contributed by atoms with Crippen molar-refractivity contribution in [1.82, 2.24) is 9.80 Å². The maximum absolute atomic E-state index is 13.7. The van der Waals surface area contributed by atoms with Gasteiger partial charge in [-0.3, -0.25) is 14.5 Å². The van der Waals surface area contributed by atoms with Crippen molar-refractivity contribution in [2.24, 2.45) is 0 Å². The Balaban J connectivity index is 1.75. The lowest BCUT2D eigenvalue weighted by Gasteiger charge is -2.25. The number of amides is 2. The molecular formula is C28H28N2O3. The van der Waals surface area contributed by atoms with Gasteiger partial charge in [-0.15, -0.1) is 0 Å². The largest absolute Gasteiger partial charge is 0.497 e. The molecule has 4 rings (SSSR count). The number of ether oxygens (including phenoxy) is 1. The van der Waals surface area contributed by atoms with Gasteiger partial charge in [-0.2, -0.15) is 0 Å². The first-order chi connectivity index (χ1) is 16.0. The second kappa shape index (κ2) is 9.74. The van der Waals surface area contributed by atoms with Crippen LogP contribution in [0.3, 0.4) is 0 Å². The van der Waals surface area contributed by atoms with Crippen LogP contribution in [0.4, 0.5) is 0 Å². The fraction of sp³-hybridized carbons (Fsp3) is 0.214. The zero-order chi connectivity index (χ0) is 23.4. The molecule has 3 aromatic rings. The van der Waals surface area contributed by atoms with Crippen LogP contribution in [0.15, 0.2) is 84.6 Å². The Morgan fingerprint density at radius 2 is 1.48 bits per heavy atom. The van der Waals surface area contributed by atoms with E-state index in [1.54, 1.807) is 7.11 Å². The Kier molecular flexibility index (Phi) is 6.59. The van der Waals surface area contributed by atoms with Crippen LogP contribution < -0.4 is 4.74 Å². The number of methoxy groups -OCH3 is 1. The van der Waals surface area contributed by atoms with Crippen molar-refractivity contribution in [3.05, 3.63) is 107 Å². The van der Waals surface area contributed by atoms with E-state index in [1.807, 2.05) is 97.6 Å². The van der Waals surface area contributed by atoms with E-state index in [4.69, 9.17) is 4.74 Å². The van der Waals surface area contributed by atoms with Crippen molar-refractivity contribution in [3.63, 3.8) is 0 Å². The van der Waals surface area contributed by atoms with Crippen molar-refractivity contribution in [2.75, 3.05) is 13.7 Å². The topological polar surface area (TPSA) is 49.9 Å². The number of aryl methyl sites for hydroxylation is 1. The molecule has 5 nitrogen and oxygen atoms in total.